The largest absolute Gasteiger partial charge is 0.340 e. The van der Waals surface area contributed by atoms with Crippen LogP contribution < -0.4 is 5.32 Å². The average molecular weight is 202 g/mol. The van der Waals surface area contributed by atoms with Gasteiger partial charge in [0.1, 0.15) is 5.82 Å². The smallest absolute Gasteiger partial charge is 0.177 e. The zero-order chi connectivity index (χ0) is 10.3. The molecule has 0 amide bonds. The van der Waals surface area contributed by atoms with E-state index in [1.807, 2.05) is 12.3 Å². The van der Waals surface area contributed by atoms with Gasteiger partial charge in [-0.05, 0) is 31.5 Å². The lowest BCUT2D eigenvalue weighted by Gasteiger charge is -2.01. The molecule has 78 valence electrons. The molecule has 3 heterocycles. The molecule has 3 rings (SSSR count). The number of imidazole rings is 1. The summed E-state index contributed by atoms with van der Waals surface area (Å²) >= 11 is 0. The van der Waals surface area contributed by atoms with Crippen LogP contribution in [-0.2, 0) is 0 Å². The van der Waals surface area contributed by atoms with Crippen molar-refractivity contribution in [3.63, 3.8) is 0 Å². The van der Waals surface area contributed by atoms with Crippen molar-refractivity contribution in [3.05, 3.63) is 23.7 Å². The Morgan fingerprint density at radius 3 is 3.13 bits per heavy atom. The van der Waals surface area contributed by atoms with Crippen molar-refractivity contribution in [1.82, 2.24) is 20.3 Å². The number of hydrogen-bond acceptors (Lipinski definition) is 3. The first-order valence-electron chi connectivity index (χ1n) is 5.36. The normalized spacial score (nSPS) is 21.3. The van der Waals surface area contributed by atoms with Crippen molar-refractivity contribution in [2.24, 2.45) is 0 Å². The Morgan fingerprint density at radius 2 is 2.40 bits per heavy atom. The van der Waals surface area contributed by atoms with Gasteiger partial charge in [0.15, 0.2) is 5.65 Å². The van der Waals surface area contributed by atoms with Crippen LogP contribution in [0.3, 0.4) is 0 Å². The molecular formula is C11H14N4. The molecule has 0 spiro atoms. The number of fused-ring (bicyclic) bond motifs is 1. The number of rotatable bonds is 1. The Balaban J connectivity index is 2.09. The van der Waals surface area contributed by atoms with Crippen LogP contribution in [0.2, 0.25) is 0 Å². The summed E-state index contributed by atoms with van der Waals surface area (Å²) in [5, 5.41) is 3.35. The molecule has 1 saturated heterocycles. The first-order valence-corrected chi connectivity index (χ1v) is 5.36. The van der Waals surface area contributed by atoms with E-state index < -0.39 is 0 Å². The fourth-order valence-corrected chi connectivity index (χ4v) is 2.13. The highest BCUT2D eigenvalue weighted by atomic mass is 15.0. The fourth-order valence-electron chi connectivity index (χ4n) is 2.13. The second-order valence-electron chi connectivity index (χ2n) is 4.14. The number of nitrogens with one attached hydrogen (secondary N) is 2. The molecule has 1 atom stereocenters. The molecule has 2 aromatic rings. The summed E-state index contributed by atoms with van der Waals surface area (Å²) in [7, 11) is 0. The van der Waals surface area contributed by atoms with E-state index in [2.05, 4.69) is 27.2 Å². The fraction of sp³-hybridized carbons (Fsp3) is 0.455. The third-order valence-corrected chi connectivity index (χ3v) is 3.07. The van der Waals surface area contributed by atoms with Crippen molar-refractivity contribution in [1.29, 1.82) is 0 Å². The predicted octanol–water partition coefficient (Wildman–Crippen LogP) is 1.34. The van der Waals surface area contributed by atoms with Gasteiger partial charge in [-0.1, -0.05) is 0 Å². The van der Waals surface area contributed by atoms with Gasteiger partial charge in [-0.2, -0.15) is 0 Å². The molecule has 2 aromatic heterocycles. The Kier molecular flexibility index (Phi) is 1.95. The third-order valence-electron chi connectivity index (χ3n) is 3.07. The van der Waals surface area contributed by atoms with E-state index >= 15 is 0 Å². The molecule has 1 aliphatic heterocycles. The van der Waals surface area contributed by atoms with Gasteiger partial charge in [0, 0.05) is 18.7 Å². The minimum atomic E-state index is 0.526. The minimum absolute atomic E-state index is 0.526. The summed E-state index contributed by atoms with van der Waals surface area (Å²) in [6.45, 7) is 4.20. The molecule has 1 unspecified atom stereocenters. The highest BCUT2D eigenvalue weighted by molar-refractivity contribution is 5.74. The average Bonchev–Trinajstić information content (AvgIpc) is 2.86. The quantitative estimate of drug-likeness (QED) is 0.733. The Bertz CT molecular complexity index is 482. The van der Waals surface area contributed by atoms with E-state index in [0.717, 1.165) is 30.1 Å². The molecule has 1 fully saturated rings. The summed E-state index contributed by atoms with van der Waals surface area (Å²) in [5.41, 5.74) is 3.14. The highest BCUT2D eigenvalue weighted by Gasteiger charge is 2.20. The summed E-state index contributed by atoms with van der Waals surface area (Å²) in [6, 6.07) is 2.01. The molecule has 0 saturated carbocycles. The highest BCUT2D eigenvalue weighted by Crippen LogP contribution is 2.22. The van der Waals surface area contributed by atoms with Gasteiger partial charge in [-0.25, -0.2) is 9.97 Å². The van der Waals surface area contributed by atoms with Crippen LogP contribution in [0.1, 0.15) is 23.7 Å². The van der Waals surface area contributed by atoms with Crippen molar-refractivity contribution in [2.75, 3.05) is 13.1 Å². The summed E-state index contributed by atoms with van der Waals surface area (Å²) in [6.07, 6.45) is 2.98. The first kappa shape index (κ1) is 8.85. The van der Waals surface area contributed by atoms with Crippen LogP contribution in [0.5, 0.6) is 0 Å². The molecule has 2 N–H and O–H groups in total. The van der Waals surface area contributed by atoms with Gasteiger partial charge in [0.25, 0.3) is 0 Å². The molecule has 0 radical (unpaired) electrons. The second-order valence-corrected chi connectivity index (χ2v) is 4.14. The molecule has 1 aliphatic rings. The van der Waals surface area contributed by atoms with E-state index in [-0.39, 0.29) is 0 Å². The molecule has 0 aliphatic carbocycles. The van der Waals surface area contributed by atoms with Crippen LogP contribution in [-0.4, -0.2) is 28.0 Å². The molecular weight excluding hydrogens is 188 g/mol. The maximum atomic E-state index is 4.55. The SMILES string of the molecule is Cc1ccnc2nc(C3CCNC3)[nH]c12. The zero-order valence-corrected chi connectivity index (χ0v) is 8.75. The lowest BCUT2D eigenvalue weighted by Crippen LogP contribution is -2.08. The van der Waals surface area contributed by atoms with Gasteiger partial charge >= 0.3 is 0 Å². The number of aryl methyl sites for hydroxylation is 1. The predicted molar refractivity (Wildman–Crippen MR) is 58.9 cm³/mol. The Morgan fingerprint density at radius 1 is 1.47 bits per heavy atom. The summed E-state index contributed by atoms with van der Waals surface area (Å²) in [5.74, 6) is 1.61. The van der Waals surface area contributed by atoms with Gasteiger partial charge in [0.2, 0.25) is 0 Å². The van der Waals surface area contributed by atoms with Crippen LogP contribution in [0.4, 0.5) is 0 Å². The van der Waals surface area contributed by atoms with Crippen molar-refractivity contribution >= 4 is 11.2 Å². The van der Waals surface area contributed by atoms with Crippen LogP contribution in [0, 0.1) is 6.92 Å². The van der Waals surface area contributed by atoms with Crippen LogP contribution >= 0.6 is 0 Å². The number of nitrogens with zero attached hydrogens (tertiary/aromatic N) is 2. The molecule has 0 bridgehead atoms. The topological polar surface area (TPSA) is 53.6 Å². The number of aromatic amines is 1. The van der Waals surface area contributed by atoms with Crippen molar-refractivity contribution < 1.29 is 0 Å². The lowest BCUT2D eigenvalue weighted by molar-refractivity contribution is 0.717. The van der Waals surface area contributed by atoms with E-state index in [4.69, 9.17) is 0 Å². The number of H-pyrrole nitrogens is 1. The summed E-state index contributed by atoms with van der Waals surface area (Å²) < 4.78 is 0. The minimum Gasteiger partial charge on any atom is -0.340 e. The van der Waals surface area contributed by atoms with E-state index in [1.165, 1.54) is 12.0 Å². The monoisotopic (exact) mass is 202 g/mol. The van der Waals surface area contributed by atoms with Gasteiger partial charge < -0.3 is 10.3 Å². The lowest BCUT2D eigenvalue weighted by atomic mass is 10.1. The number of hydrogen-bond donors (Lipinski definition) is 2. The standard InChI is InChI=1S/C11H14N4/c1-7-2-5-13-11-9(7)14-10(15-11)8-3-4-12-6-8/h2,5,8,12H,3-4,6H2,1H3,(H,13,14,15). The van der Waals surface area contributed by atoms with Gasteiger partial charge in [-0.15, -0.1) is 0 Å². The molecule has 4 nitrogen and oxygen atoms in total. The Labute approximate surface area is 88.1 Å². The van der Waals surface area contributed by atoms with Crippen molar-refractivity contribution in [3.8, 4) is 0 Å². The van der Waals surface area contributed by atoms with Crippen molar-refractivity contribution in [2.45, 2.75) is 19.3 Å². The van der Waals surface area contributed by atoms with Crippen LogP contribution in [0.25, 0.3) is 11.2 Å². The molecule has 15 heavy (non-hydrogen) atoms. The van der Waals surface area contributed by atoms with Crippen LogP contribution in [0.15, 0.2) is 12.3 Å². The number of aromatic nitrogens is 3. The van der Waals surface area contributed by atoms with E-state index in [9.17, 15) is 0 Å². The second kappa shape index (κ2) is 3.31. The van der Waals surface area contributed by atoms with E-state index in [1.54, 1.807) is 0 Å². The zero-order valence-electron chi connectivity index (χ0n) is 8.75. The van der Waals surface area contributed by atoms with E-state index in [0.29, 0.717) is 5.92 Å². The van der Waals surface area contributed by atoms with Gasteiger partial charge in [-0.3, -0.25) is 0 Å². The molecule has 4 heteroatoms. The molecule has 0 aromatic carbocycles. The van der Waals surface area contributed by atoms with Gasteiger partial charge in [0.05, 0.1) is 5.52 Å². The Hall–Kier alpha value is -1.42. The third kappa shape index (κ3) is 1.41. The summed E-state index contributed by atoms with van der Waals surface area (Å²) in [4.78, 5) is 12.2. The number of pyridine rings is 1. The first-order chi connectivity index (χ1) is 7.34. The maximum Gasteiger partial charge on any atom is 0.177 e. The maximum absolute atomic E-state index is 4.55.